The molecule has 0 unspecified atom stereocenters. The predicted octanol–water partition coefficient (Wildman–Crippen LogP) is 2.02. The molecule has 5 N–H and O–H groups in total. The van der Waals surface area contributed by atoms with Gasteiger partial charge in [0.05, 0.1) is 6.04 Å². The molecule has 10 heteroatoms. The lowest BCUT2D eigenvalue weighted by atomic mass is 10.0. The topological polar surface area (TPSA) is 130 Å². The van der Waals surface area contributed by atoms with Gasteiger partial charge in [-0.25, -0.2) is 4.79 Å². The number of halogens is 2. The summed E-state index contributed by atoms with van der Waals surface area (Å²) in [7, 11) is 0. The molecule has 0 aliphatic carbocycles. The van der Waals surface area contributed by atoms with Crippen LogP contribution in [0.15, 0.2) is 0 Å². The summed E-state index contributed by atoms with van der Waals surface area (Å²) in [6.07, 6.45) is 4.12. The molecule has 4 amide bonds. The number of urea groups is 1. The Balaban J connectivity index is 4.61. The van der Waals surface area contributed by atoms with E-state index >= 15 is 0 Å². The molecule has 0 aliphatic rings. The first kappa shape index (κ1) is 26.3. The molecule has 2 atom stereocenters. The third kappa shape index (κ3) is 13.2. The molecule has 0 radical (unpaired) electrons. The van der Waals surface area contributed by atoms with Gasteiger partial charge in [-0.15, -0.1) is 0 Å². The highest BCUT2D eigenvalue weighted by Crippen LogP contribution is 2.09. The van der Waals surface area contributed by atoms with E-state index in [-0.39, 0.29) is 21.5 Å². The Hall–Kier alpha value is -0.660. The van der Waals surface area contributed by atoms with Crippen LogP contribution in [0.3, 0.4) is 0 Å². The van der Waals surface area contributed by atoms with Gasteiger partial charge in [-0.05, 0) is 36.0 Å². The van der Waals surface area contributed by atoms with Crippen molar-refractivity contribution < 1.29 is 19.2 Å². The smallest absolute Gasteiger partial charge is 0.312 e. The second-order valence-corrected chi connectivity index (χ2v) is 8.73. The molecule has 8 nitrogen and oxygen atoms in total. The van der Waals surface area contributed by atoms with Gasteiger partial charge < -0.3 is 21.7 Å². The van der Waals surface area contributed by atoms with Crippen LogP contribution < -0.4 is 21.7 Å². The van der Waals surface area contributed by atoms with Gasteiger partial charge in [-0.1, -0.05) is 42.9 Å². The van der Waals surface area contributed by atoms with Crippen molar-refractivity contribution >= 4 is 66.8 Å². The first-order valence-electron chi connectivity index (χ1n) is 9.07. The van der Waals surface area contributed by atoms with Gasteiger partial charge in [0.1, 0.15) is 6.04 Å². The Morgan fingerprint density at radius 2 is 1.67 bits per heavy atom. The number of alkyl halides is 1. The summed E-state index contributed by atoms with van der Waals surface area (Å²) in [6, 6.07) is -1.99. The Bertz CT molecular complexity index is 503. The van der Waals surface area contributed by atoms with Crippen molar-refractivity contribution in [2.75, 3.05) is 11.0 Å². The van der Waals surface area contributed by atoms with E-state index < -0.39 is 18.1 Å². The van der Waals surface area contributed by atoms with Crippen molar-refractivity contribution in [2.24, 2.45) is 11.7 Å². The number of carbonyl (C=O) groups excluding carboxylic acids is 4. The minimum Gasteiger partial charge on any atom is -0.352 e. The van der Waals surface area contributed by atoms with E-state index in [9.17, 15) is 19.2 Å². The molecule has 0 spiro atoms. The van der Waals surface area contributed by atoms with E-state index in [1.54, 1.807) is 22.6 Å². The van der Waals surface area contributed by atoms with Crippen molar-refractivity contribution in [3.63, 3.8) is 0 Å². The number of hydrogen-bond acceptors (Lipinski definition) is 4. The molecule has 0 saturated carbocycles. The van der Waals surface area contributed by atoms with E-state index in [1.807, 2.05) is 13.8 Å². The Morgan fingerprint density at radius 3 is 2.19 bits per heavy atom. The Labute approximate surface area is 188 Å². The summed E-state index contributed by atoms with van der Waals surface area (Å²) in [5.74, 6) is -0.631. The Morgan fingerprint density at radius 1 is 1.00 bits per heavy atom. The molecule has 0 fully saturated rings. The number of primary amides is 1. The van der Waals surface area contributed by atoms with Crippen molar-refractivity contribution in [1.29, 1.82) is 0 Å². The number of nitrogens with one attached hydrogen (secondary N) is 3. The van der Waals surface area contributed by atoms with Gasteiger partial charge in [0.25, 0.3) is 0 Å². The third-order valence-electron chi connectivity index (χ3n) is 3.86. The second kappa shape index (κ2) is 15.3. The maximum atomic E-state index is 12.6. The van der Waals surface area contributed by atoms with Gasteiger partial charge in [-0.2, -0.15) is 0 Å². The summed E-state index contributed by atoms with van der Waals surface area (Å²) in [6.45, 7) is 4.02. The molecule has 0 aromatic rings. The lowest BCUT2D eigenvalue weighted by Gasteiger charge is -2.24. The average Bonchev–Trinajstić information content (AvgIpc) is 2.58. The van der Waals surface area contributed by atoms with Crippen molar-refractivity contribution in [2.45, 2.75) is 64.5 Å². The molecule has 0 aromatic carbocycles. The first-order valence-corrected chi connectivity index (χ1v) is 11.7. The van der Waals surface area contributed by atoms with Crippen LogP contribution in [-0.2, 0) is 14.4 Å². The highest BCUT2D eigenvalue weighted by atomic mass is 127. The fourth-order valence-electron chi connectivity index (χ4n) is 2.36. The zero-order valence-corrected chi connectivity index (χ0v) is 20.2. The number of amides is 4. The monoisotopic (exact) mass is 608 g/mol. The van der Waals surface area contributed by atoms with Gasteiger partial charge in [-0.3, -0.25) is 14.4 Å². The zero-order chi connectivity index (χ0) is 20.8. The Kier molecular flexibility index (Phi) is 14.9. The molecular formula is C17H30I2N4O4. The molecule has 0 heterocycles. The summed E-state index contributed by atoms with van der Waals surface area (Å²) in [5, 5.41) is 7.94. The molecule has 0 rings (SSSR count). The molecule has 27 heavy (non-hydrogen) atoms. The SMILES string of the molecule is CC(C)[C@H](NC(=O)CCCCCI)C(=O)N[C@@H](CCCNC(N)=O)C(=O)I. The van der Waals surface area contributed by atoms with Crippen LogP contribution in [0, 0.1) is 5.92 Å². The van der Waals surface area contributed by atoms with E-state index in [0.29, 0.717) is 25.8 Å². The van der Waals surface area contributed by atoms with Crippen LogP contribution >= 0.6 is 45.2 Å². The third-order valence-corrected chi connectivity index (χ3v) is 5.38. The maximum Gasteiger partial charge on any atom is 0.312 e. The fraction of sp³-hybridized carbons (Fsp3) is 0.765. The van der Waals surface area contributed by atoms with Gasteiger partial charge in [0, 0.05) is 35.6 Å². The van der Waals surface area contributed by atoms with Crippen LogP contribution in [0.1, 0.15) is 52.4 Å². The van der Waals surface area contributed by atoms with Crippen molar-refractivity contribution in [3.8, 4) is 0 Å². The van der Waals surface area contributed by atoms with Gasteiger partial charge in [0.2, 0.25) is 15.6 Å². The minimum atomic E-state index is -0.691. The average molecular weight is 608 g/mol. The predicted molar refractivity (Wildman–Crippen MR) is 122 cm³/mol. The number of hydrogen-bond donors (Lipinski definition) is 4. The largest absolute Gasteiger partial charge is 0.352 e. The van der Waals surface area contributed by atoms with Crippen molar-refractivity contribution in [1.82, 2.24) is 16.0 Å². The molecule has 0 bridgehead atoms. The van der Waals surface area contributed by atoms with Crippen LogP contribution in [-0.4, -0.2) is 44.7 Å². The molecule has 156 valence electrons. The quantitative estimate of drug-likeness (QED) is 0.104. The molecule has 0 saturated heterocycles. The van der Waals surface area contributed by atoms with E-state index in [2.05, 4.69) is 38.5 Å². The fourth-order valence-corrected chi connectivity index (χ4v) is 3.37. The molecular weight excluding hydrogens is 578 g/mol. The normalized spacial score (nSPS) is 12.9. The van der Waals surface area contributed by atoms with Crippen LogP contribution in [0.2, 0.25) is 0 Å². The maximum absolute atomic E-state index is 12.6. The lowest BCUT2D eigenvalue weighted by Crippen LogP contribution is -2.53. The van der Waals surface area contributed by atoms with Crippen LogP contribution in [0.4, 0.5) is 4.79 Å². The lowest BCUT2D eigenvalue weighted by molar-refractivity contribution is -0.131. The second-order valence-electron chi connectivity index (χ2n) is 6.59. The first-order chi connectivity index (χ1) is 12.7. The standard InChI is InChI=1S/C17H30I2N4O4/c1-11(2)14(23-13(24)8-4-3-5-9-18)16(26)22-12(15(19)25)7-6-10-21-17(20)27/h11-12,14H,3-10H2,1-2H3,(H,22,26)(H,23,24)(H3,20,21,27)/t12-,14-/m0/s1. The van der Waals surface area contributed by atoms with Crippen LogP contribution in [0.5, 0.6) is 0 Å². The minimum absolute atomic E-state index is 0.107. The molecule has 0 aromatic heterocycles. The van der Waals surface area contributed by atoms with Crippen LogP contribution in [0.25, 0.3) is 0 Å². The van der Waals surface area contributed by atoms with E-state index in [1.165, 1.54) is 0 Å². The summed E-state index contributed by atoms with van der Waals surface area (Å²) < 4.78 is 0.865. The highest BCUT2D eigenvalue weighted by Gasteiger charge is 2.27. The van der Waals surface area contributed by atoms with Gasteiger partial charge in [0.15, 0.2) is 0 Å². The number of carbonyl (C=O) groups is 4. The number of rotatable bonds is 14. The van der Waals surface area contributed by atoms with Crippen molar-refractivity contribution in [3.05, 3.63) is 0 Å². The summed E-state index contributed by atoms with van der Waals surface area (Å²) >= 11 is 3.95. The zero-order valence-electron chi connectivity index (χ0n) is 15.9. The molecule has 0 aliphatic heterocycles. The highest BCUT2D eigenvalue weighted by molar-refractivity contribution is 14.1. The van der Waals surface area contributed by atoms with Gasteiger partial charge >= 0.3 is 6.03 Å². The summed E-state index contributed by atoms with van der Waals surface area (Å²) in [4.78, 5) is 47.1. The summed E-state index contributed by atoms with van der Waals surface area (Å²) in [5.41, 5.74) is 4.99. The number of nitrogens with two attached hydrogens (primary N) is 1. The van der Waals surface area contributed by atoms with E-state index in [0.717, 1.165) is 23.7 Å². The van der Waals surface area contributed by atoms with E-state index in [4.69, 9.17) is 5.73 Å². The number of unbranched alkanes of at least 4 members (excludes halogenated alkanes) is 2.